The Balaban J connectivity index is 1.35. The summed E-state index contributed by atoms with van der Waals surface area (Å²) in [7, 11) is 0. The number of fused-ring (bicyclic) bond motifs is 4. The fourth-order valence-corrected chi connectivity index (χ4v) is 4.43. The molecule has 0 fully saturated rings. The summed E-state index contributed by atoms with van der Waals surface area (Å²) in [6.07, 6.45) is -0.448. The van der Waals surface area contributed by atoms with Crippen molar-refractivity contribution < 1.29 is 18.3 Å². The first-order valence-corrected chi connectivity index (χ1v) is 11.0. The molecule has 5 rings (SSSR count). The molecular formula is C25H23F2N5O2. The number of carbonyl (C=O) groups excluding carboxylic acids is 1. The van der Waals surface area contributed by atoms with Gasteiger partial charge in [0.1, 0.15) is 0 Å². The average molecular weight is 463 g/mol. The number of aryl methyl sites for hydroxylation is 2. The number of nitrogens with zero attached hydrogens (tertiary/aromatic N) is 5. The molecular weight excluding hydrogens is 440 g/mol. The van der Waals surface area contributed by atoms with Gasteiger partial charge in [0.15, 0.2) is 17.6 Å². The fourth-order valence-electron chi connectivity index (χ4n) is 4.43. The molecule has 0 amide bonds. The number of carbonyl (C=O) groups is 1. The standard InChI is InChI=1S/C25H23F2N5O2/c1-14-17(15(2)32-24(28-14)18-8-4-5-9-19(18)30-32)12-13-22(33)34-16(3)23-29-20-10-6-7-11-21(20)31(23)25(26)27/h4-11,16,25H,12-13H2,1-3H3. The van der Waals surface area contributed by atoms with Gasteiger partial charge in [0.2, 0.25) is 0 Å². The first-order valence-electron chi connectivity index (χ1n) is 11.0. The predicted molar refractivity (Wildman–Crippen MR) is 124 cm³/mol. The topological polar surface area (TPSA) is 74.3 Å². The first kappa shape index (κ1) is 21.9. The zero-order valence-electron chi connectivity index (χ0n) is 19.0. The zero-order chi connectivity index (χ0) is 24.0. The number of rotatable bonds is 6. The third-order valence-corrected chi connectivity index (χ3v) is 6.09. The van der Waals surface area contributed by atoms with Gasteiger partial charge in [-0.15, -0.1) is 0 Å². The molecule has 174 valence electrons. The van der Waals surface area contributed by atoms with Gasteiger partial charge in [-0.2, -0.15) is 13.9 Å². The van der Waals surface area contributed by atoms with Crippen LogP contribution in [0.15, 0.2) is 48.5 Å². The number of halogens is 2. The summed E-state index contributed by atoms with van der Waals surface area (Å²) in [5.74, 6) is -0.479. The summed E-state index contributed by atoms with van der Waals surface area (Å²) in [5.41, 5.74) is 4.98. The maximum Gasteiger partial charge on any atom is 0.320 e. The van der Waals surface area contributed by atoms with Crippen LogP contribution in [0.25, 0.3) is 27.6 Å². The van der Waals surface area contributed by atoms with Crippen molar-refractivity contribution in [3.63, 3.8) is 0 Å². The van der Waals surface area contributed by atoms with E-state index in [1.807, 2.05) is 38.1 Å². The molecule has 34 heavy (non-hydrogen) atoms. The van der Waals surface area contributed by atoms with Crippen molar-refractivity contribution in [2.24, 2.45) is 0 Å². The fraction of sp³-hybridized carbons (Fsp3) is 0.280. The van der Waals surface area contributed by atoms with Gasteiger partial charge in [0.25, 0.3) is 0 Å². The molecule has 0 radical (unpaired) electrons. The third-order valence-electron chi connectivity index (χ3n) is 6.09. The number of benzene rings is 2. The lowest BCUT2D eigenvalue weighted by atomic mass is 10.1. The van der Waals surface area contributed by atoms with E-state index in [4.69, 9.17) is 9.72 Å². The molecule has 2 aromatic carbocycles. The van der Waals surface area contributed by atoms with Crippen molar-refractivity contribution >= 4 is 33.6 Å². The number of para-hydroxylation sites is 2. The minimum absolute atomic E-state index is 0.0169. The number of imidazole rings is 1. The van der Waals surface area contributed by atoms with Gasteiger partial charge < -0.3 is 4.74 Å². The van der Waals surface area contributed by atoms with Crippen molar-refractivity contribution in [2.75, 3.05) is 0 Å². The quantitative estimate of drug-likeness (QED) is 0.312. The highest BCUT2D eigenvalue weighted by Gasteiger charge is 2.24. The van der Waals surface area contributed by atoms with Crippen molar-refractivity contribution in [1.29, 1.82) is 0 Å². The Morgan fingerprint density at radius 3 is 2.50 bits per heavy atom. The summed E-state index contributed by atoms with van der Waals surface area (Å²) in [6.45, 7) is 2.61. The van der Waals surface area contributed by atoms with Crippen molar-refractivity contribution in [1.82, 2.24) is 24.1 Å². The SMILES string of the molecule is Cc1nc2c3ccccc3nn2c(C)c1CCC(=O)OC(C)c1nc2ccccc2n1C(F)F. The van der Waals surface area contributed by atoms with E-state index in [1.165, 1.54) is 0 Å². The highest BCUT2D eigenvalue weighted by Crippen LogP contribution is 2.29. The van der Waals surface area contributed by atoms with E-state index in [9.17, 15) is 13.6 Å². The Morgan fingerprint density at radius 2 is 1.74 bits per heavy atom. The normalized spacial score (nSPS) is 12.8. The summed E-state index contributed by atoms with van der Waals surface area (Å²) in [4.78, 5) is 21.6. The highest BCUT2D eigenvalue weighted by atomic mass is 19.3. The second-order valence-corrected chi connectivity index (χ2v) is 8.25. The zero-order valence-corrected chi connectivity index (χ0v) is 19.0. The molecule has 0 aliphatic rings. The molecule has 3 aromatic heterocycles. The maximum atomic E-state index is 13.7. The van der Waals surface area contributed by atoms with E-state index in [1.54, 1.807) is 35.7 Å². The molecule has 0 spiro atoms. The van der Waals surface area contributed by atoms with Crippen LogP contribution in [0, 0.1) is 13.8 Å². The second kappa shape index (κ2) is 8.48. The maximum absolute atomic E-state index is 13.7. The summed E-state index contributed by atoms with van der Waals surface area (Å²) >= 11 is 0. The van der Waals surface area contributed by atoms with Gasteiger partial charge in [0, 0.05) is 23.2 Å². The summed E-state index contributed by atoms with van der Waals surface area (Å²) in [5, 5.41) is 5.60. The van der Waals surface area contributed by atoms with E-state index < -0.39 is 18.6 Å². The molecule has 0 saturated carbocycles. The van der Waals surface area contributed by atoms with E-state index in [0.29, 0.717) is 17.5 Å². The first-order chi connectivity index (χ1) is 16.3. The molecule has 0 saturated heterocycles. The Morgan fingerprint density at radius 1 is 1.03 bits per heavy atom. The molecule has 5 aromatic rings. The molecule has 1 unspecified atom stereocenters. The minimum Gasteiger partial charge on any atom is -0.454 e. The Labute approximate surface area is 194 Å². The number of hydrogen-bond acceptors (Lipinski definition) is 5. The summed E-state index contributed by atoms with van der Waals surface area (Å²) < 4.78 is 35.5. The van der Waals surface area contributed by atoms with Crippen molar-refractivity contribution in [2.45, 2.75) is 46.3 Å². The van der Waals surface area contributed by atoms with Gasteiger partial charge in [0.05, 0.1) is 16.6 Å². The number of ether oxygens (including phenoxy) is 1. The van der Waals surface area contributed by atoms with Crippen LogP contribution >= 0.6 is 0 Å². The van der Waals surface area contributed by atoms with Gasteiger partial charge in [-0.25, -0.2) is 14.5 Å². The van der Waals surface area contributed by atoms with Crippen molar-refractivity contribution in [3.8, 4) is 0 Å². The lowest BCUT2D eigenvalue weighted by molar-refractivity contribution is -0.149. The molecule has 1 atom stereocenters. The van der Waals surface area contributed by atoms with Crippen LogP contribution in [0.3, 0.4) is 0 Å². The lowest BCUT2D eigenvalue weighted by Crippen LogP contribution is -2.15. The third kappa shape index (κ3) is 3.67. The molecule has 7 nitrogen and oxygen atoms in total. The van der Waals surface area contributed by atoms with E-state index in [-0.39, 0.29) is 12.2 Å². The van der Waals surface area contributed by atoms with E-state index in [2.05, 4.69) is 10.1 Å². The van der Waals surface area contributed by atoms with Crippen LogP contribution in [0.2, 0.25) is 0 Å². The second-order valence-electron chi connectivity index (χ2n) is 8.25. The Bertz CT molecular complexity index is 1540. The predicted octanol–water partition coefficient (Wildman–Crippen LogP) is 5.48. The minimum atomic E-state index is -2.80. The smallest absolute Gasteiger partial charge is 0.320 e. The van der Waals surface area contributed by atoms with Gasteiger partial charge in [-0.3, -0.25) is 9.36 Å². The molecule has 0 aliphatic heterocycles. The van der Waals surface area contributed by atoms with E-state index in [0.717, 1.165) is 38.1 Å². The van der Waals surface area contributed by atoms with Crippen LogP contribution in [0.1, 0.15) is 48.8 Å². The number of aromatic nitrogens is 5. The van der Waals surface area contributed by atoms with E-state index >= 15 is 0 Å². The largest absolute Gasteiger partial charge is 0.454 e. The number of alkyl halides is 2. The van der Waals surface area contributed by atoms with Crippen LogP contribution < -0.4 is 0 Å². The van der Waals surface area contributed by atoms with Crippen LogP contribution in [-0.4, -0.2) is 30.1 Å². The monoisotopic (exact) mass is 463 g/mol. The van der Waals surface area contributed by atoms with Crippen LogP contribution in [0.5, 0.6) is 0 Å². The van der Waals surface area contributed by atoms with Gasteiger partial charge >= 0.3 is 12.5 Å². The van der Waals surface area contributed by atoms with Gasteiger partial charge in [-0.05, 0) is 57.0 Å². The Kier molecular flexibility index (Phi) is 5.47. The average Bonchev–Trinajstić information content (AvgIpc) is 3.38. The molecule has 0 aliphatic carbocycles. The molecule has 0 N–H and O–H groups in total. The lowest BCUT2D eigenvalue weighted by Gasteiger charge is -2.16. The molecule has 3 heterocycles. The van der Waals surface area contributed by atoms with Crippen LogP contribution in [-0.2, 0) is 16.0 Å². The number of esters is 1. The summed E-state index contributed by atoms with van der Waals surface area (Å²) in [6, 6.07) is 14.4. The molecule has 9 heteroatoms. The highest BCUT2D eigenvalue weighted by molar-refractivity contribution is 5.92. The Hall–Kier alpha value is -3.88. The molecule has 0 bridgehead atoms. The van der Waals surface area contributed by atoms with Crippen LogP contribution in [0.4, 0.5) is 8.78 Å². The van der Waals surface area contributed by atoms with Gasteiger partial charge in [-0.1, -0.05) is 24.3 Å². The number of hydrogen-bond donors (Lipinski definition) is 0. The van der Waals surface area contributed by atoms with Crippen molar-refractivity contribution in [3.05, 3.63) is 71.3 Å².